The summed E-state index contributed by atoms with van der Waals surface area (Å²) in [5.41, 5.74) is 4.58. The SMILES string of the molecule is CC1Cc2ccccc2N1CC(=O)N(Cc1ccccc1)c1ccccc1. The maximum Gasteiger partial charge on any atom is 0.246 e. The third-order valence-electron chi connectivity index (χ3n) is 5.21. The molecule has 0 N–H and O–H groups in total. The molecule has 3 aromatic rings. The van der Waals surface area contributed by atoms with E-state index >= 15 is 0 Å². The van der Waals surface area contributed by atoms with Crippen LogP contribution in [0.15, 0.2) is 84.9 Å². The Kier molecular flexibility index (Phi) is 4.93. The third-order valence-corrected chi connectivity index (χ3v) is 5.21. The first-order valence-corrected chi connectivity index (χ1v) is 9.46. The number of amides is 1. The quantitative estimate of drug-likeness (QED) is 0.663. The van der Waals surface area contributed by atoms with E-state index in [2.05, 4.69) is 42.2 Å². The van der Waals surface area contributed by atoms with Crippen LogP contribution >= 0.6 is 0 Å². The number of fused-ring (bicyclic) bond motifs is 1. The highest BCUT2D eigenvalue weighted by atomic mass is 16.2. The lowest BCUT2D eigenvalue weighted by Gasteiger charge is -2.29. The summed E-state index contributed by atoms with van der Waals surface area (Å²) < 4.78 is 0. The average molecular weight is 356 g/mol. The summed E-state index contributed by atoms with van der Waals surface area (Å²) in [6.07, 6.45) is 0.994. The number of hydrogen-bond acceptors (Lipinski definition) is 2. The third kappa shape index (κ3) is 3.72. The molecule has 0 aromatic heterocycles. The van der Waals surface area contributed by atoms with Gasteiger partial charge in [0.1, 0.15) is 0 Å². The Balaban J connectivity index is 1.59. The van der Waals surface area contributed by atoms with E-state index in [1.54, 1.807) is 0 Å². The average Bonchev–Trinajstić information content (AvgIpc) is 3.03. The number of para-hydroxylation sites is 2. The van der Waals surface area contributed by atoms with Gasteiger partial charge in [0.15, 0.2) is 0 Å². The van der Waals surface area contributed by atoms with Crippen molar-refractivity contribution in [3.05, 3.63) is 96.1 Å². The zero-order chi connectivity index (χ0) is 18.6. The lowest BCUT2D eigenvalue weighted by molar-refractivity contribution is -0.117. The summed E-state index contributed by atoms with van der Waals surface area (Å²) in [6.45, 7) is 3.16. The Labute approximate surface area is 160 Å². The Bertz CT molecular complexity index is 908. The zero-order valence-corrected chi connectivity index (χ0v) is 15.6. The van der Waals surface area contributed by atoms with Crippen LogP contribution in [0.5, 0.6) is 0 Å². The molecule has 0 aliphatic carbocycles. The fourth-order valence-electron chi connectivity index (χ4n) is 3.80. The maximum atomic E-state index is 13.3. The van der Waals surface area contributed by atoms with Crippen molar-refractivity contribution >= 4 is 17.3 Å². The molecule has 1 heterocycles. The molecule has 3 aromatic carbocycles. The van der Waals surface area contributed by atoms with Gasteiger partial charge in [-0.3, -0.25) is 4.79 Å². The van der Waals surface area contributed by atoms with E-state index in [1.807, 2.05) is 59.5 Å². The van der Waals surface area contributed by atoms with Gasteiger partial charge in [0.2, 0.25) is 5.91 Å². The minimum Gasteiger partial charge on any atom is -0.359 e. The van der Waals surface area contributed by atoms with Crippen LogP contribution in [-0.2, 0) is 17.8 Å². The monoisotopic (exact) mass is 356 g/mol. The predicted molar refractivity (Wildman–Crippen MR) is 111 cm³/mol. The van der Waals surface area contributed by atoms with Gasteiger partial charge in [-0.1, -0.05) is 66.7 Å². The van der Waals surface area contributed by atoms with Gasteiger partial charge in [-0.2, -0.15) is 0 Å². The normalized spacial score (nSPS) is 15.4. The van der Waals surface area contributed by atoms with Crippen molar-refractivity contribution < 1.29 is 4.79 Å². The van der Waals surface area contributed by atoms with Gasteiger partial charge in [-0.05, 0) is 42.7 Å². The van der Waals surface area contributed by atoms with Crippen molar-refractivity contribution in [2.24, 2.45) is 0 Å². The van der Waals surface area contributed by atoms with E-state index in [1.165, 1.54) is 11.3 Å². The van der Waals surface area contributed by atoms with Crippen LogP contribution in [0.4, 0.5) is 11.4 Å². The molecule has 3 heteroatoms. The fraction of sp³-hybridized carbons (Fsp3) is 0.208. The molecule has 4 rings (SSSR count). The Morgan fingerprint density at radius 2 is 1.56 bits per heavy atom. The smallest absolute Gasteiger partial charge is 0.246 e. The van der Waals surface area contributed by atoms with Gasteiger partial charge in [0.25, 0.3) is 0 Å². The molecule has 3 nitrogen and oxygen atoms in total. The summed E-state index contributed by atoms with van der Waals surface area (Å²) in [4.78, 5) is 17.5. The van der Waals surface area contributed by atoms with Crippen LogP contribution in [-0.4, -0.2) is 18.5 Å². The maximum absolute atomic E-state index is 13.3. The number of benzene rings is 3. The minimum absolute atomic E-state index is 0.119. The highest BCUT2D eigenvalue weighted by Gasteiger charge is 2.29. The minimum atomic E-state index is 0.119. The van der Waals surface area contributed by atoms with E-state index in [0.717, 1.165) is 17.7 Å². The molecule has 1 atom stereocenters. The Hall–Kier alpha value is -3.07. The van der Waals surface area contributed by atoms with E-state index in [-0.39, 0.29) is 5.91 Å². The molecule has 1 aliphatic rings. The number of carbonyl (C=O) groups excluding carboxylic acids is 1. The van der Waals surface area contributed by atoms with Crippen molar-refractivity contribution in [2.75, 3.05) is 16.3 Å². The molecule has 0 fully saturated rings. The Morgan fingerprint density at radius 1 is 0.926 bits per heavy atom. The number of hydrogen-bond donors (Lipinski definition) is 0. The largest absolute Gasteiger partial charge is 0.359 e. The Morgan fingerprint density at radius 3 is 2.30 bits per heavy atom. The molecule has 0 radical (unpaired) electrons. The molecule has 27 heavy (non-hydrogen) atoms. The highest BCUT2D eigenvalue weighted by Crippen LogP contribution is 2.32. The number of rotatable bonds is 5. The summed E-state index contributed by atoms with van der Waals surface area (Å²) >= 11 is 0. The molecule has 1 amide bonds. The van der Waals surface area contributed by atoms with Crippen LogP contribution < -0.4 is 9.80 Å². The lowest BCUT2D eigenvalue weighted by atomic mass is 10.1. The number of anilines is 2. The van der Waals surface area contributed by atoms with Gasteiger partial charge < -0.3 is 9.80 Å². The summed E-state index contributed by atoms with van der Waals surface area (Å²) in [5, 5.41) is 0. The topological polar surface area (TPSA) is 23.6 Å². The van der Waals surface area contributed by atoms with Crippen molar-refractivity contribution in [2.45, 2.75) is 25.9 Å². The summed E-state index contributed by atoms with van der Waals surface area (Å²) in [7, 11) is 0. The van der Waals surface area contributed by atoms with Gasteiger partial charge in [0.05, 0.1) is 13.1 Å². The van der Waals surface area contributed by atoms with Gasteiger partial charge in [-0.15, -0.1) is 0 Å². The van der Waals surface area contributed by atoms with E-state index in [9.17, 15) is 4.79 Å². The molecular formula is C24H24N2O. The molecule has 0 saturated heterocycles. The first-order valence-electron chi connectivity index (χ1n) is 9.46. The summed E-state index contributed by atoms with van der Waals surface area (Å²) in [6, 6.07) is 28.8. The number of carbonyl (C=O) groups is 1. The van der Waals surface area contributed by atoms with E-state index < -0.39 is 0 Å². The standard InChI is InChI=1S/C24H24N2O/c1-19-16-21-12-8-9-15-23(21)25(19)18-24(27)26(22-13-6-3-7-14-22)17-20-10-4-2-5-11-20/h2-15,19H,16-18H2,1H3. The molecule has 136 valence electrons. The van der Waals surface area contributed by atoms with Crippen LogP contribution in [0.3, 0.4) is 0 Å². The van der Waals surface area contributed by atoms with Crippen molar-refractivity contribution in [3.63, 3.8) is 0 Å². The second-order valence-corrected chi connectivity index (χ2v) is 7.11. The van der Waals surface area contributed by atoms with Crippen LogP contribution in [0, 0.1) is 0 Å². The van der Waals surface area contributed by atoms with Crippen molar-refractivity contribution in [1.29, 1.82) is 0 Å². The molecule has 1 aliphatic heterocycles. The number of nitrogens with zero attached hydrogens (tertiary/aromatic N) is 2. The molecule has 1 unspecified atom stereocenters. The molecular weight excluding hydrogens is 332 g/mol. The van der Waals surface area contributed by atoms with Crippen molar-refractivity contribution in [1.82, 2.24) is 0 Å². The van der Waals surface area contributed by atoms with Crippen LogP contribution in [0.1, 0.15) is 18.1 Å². The molecule has 0 bridgehead atoms. The van der Waals surface area contributed by atoms with E-state index in [0.29, 0.717) is 19.1 Å². The highest BCUT2D eigenvalue weighted by molar-refractivity contribution is 5.96. The lowest BCUT2D eigenvalue weighted by Crippen LogP contribution is -2.42. The van der Waals surface area contributed by atoms with E-state index in [4.69, 9.17) is 0 Å². The summed E-state index contributed by atoms with van der Waals surface area (Å²) in [5.74, 6) is 0.119. The molecule has 0 spiro atoms. The van der Waals surface area contributed by atoms with Crippen molar-refractivity contribution in [3.8, 4) is 0 Å². The first-order chi connectivity index (χ1) is 13.2. The van der Waals surface area contributed by atoms with Crippen LogP contribution in [0.25, 0.3) is 0 Å². The van der Waals surface area contributed by atoms with Gasteiger partial charge in [0, 0.05) is 17.4 Å². The fourth-order valence-corrected chi connectivity index (χ4v) is 3.80. The van der Waals surface area contributed by atoms with Gasteiger partial charge >= 0.3 is 0 Å². The van der Waals surface area contributed by atoms with Crippen LogP contribution in [0.2, 0.25) is 0 Å². The second-order valence-electron chi connectivity index (χ2n) is 7.11. The molecule has 0 saturated carbocycles. The predicted octanol–water partition coefficient (Wildman–Crippen LogP) is 4.67. The first kappa shape index (κ1) is 17.3. The zero-order valence-electron chi connectivity index (χ0n) is 15.6. The van der Waals surface area contributed by atoms with Gasteiger partial charge in [-0.25, -0.2) is 0 Å². The second kappa shape index (κ2) is 7.67.